The van der Waals surface area contributed by atoms with E-state index in [0.717, 1.165) is 43.1 Å². The fraction of sp³-hybridized carbons (Fsp3) is 0.500. The molecule has 1 aliphatic carbocycles. The van der Waals surface area contributed by atoms with Crippen LogP contribution in [0.4, 0.5) is 0 Å². The summed E-state index contributed by atoms with van der Waals surface area (Å²) in [5.74, 6) is 0. The van der Waals surface area contributed by atoms with Crippen molar-refractivity contribution in [2.24, 2.45) is 0 Å². The van der Waals surface area contributed by atoms with Crippen molar-refractivity contribution in [1.82, 2.24) is 0 Å². The van der Waals surface area contributed by atoms with Gasteiger partial charge in [-0.05, 0) is 24.0 Å². The van der Waals surface area contributed by atoms with Gasteiger partial charge in [-0.25, -0.2) is 0 Å². The smallest absolute Gasteiger partial charge is 0.124 e. The molecule has 0 radical (unpaired) electrons. The van der Waals surface area contributed by atoms with E-state index in [1.54, 1.807) is 0 Å². The molecule has 0 aliphatic heterocycles. The molecule has 1 aromatic carbocycles. The van der Waals surface area contributed by atoms with E-state index in [1.165, 1.54) is 6.42 Å². The Morgan fingerprint density at radius 2 is 1.88 bits per heavy atom. The first kappa shape index (κ1) is 11.3. The van der Waals surface area contributed by atoms with Crippen LogP contribution in [0, 0.1) is 0 Å². The van der Waals surface area contributed by atoms with E-state index in [0.29, 0.717) is 6.42 Å². The van der Waals surface area contributed by atoms with E-state index in [9.17, 15) is 9.90 Å². The maximum Gasteiger partial charge on any atom is 0.124 e. The summed E-state index contributed by atoms with van der Waals surface area (Å²) in [6.45, 7) is 0. The van der Waals surface area contributed by atoms with Crippen LogP contribution < -0.4 is 0 Å². The molecule has 2 rings (SSSR count). The van der Waals surface area contributed by atoms with Crippen LogP contribution in [0.5, 0.6) is 0 Å². The van der Waals surface area contributed by atoms with Gasteiger partial charge >= 0.3 is 0 Å². The fourth-order valence-electron chi connectivity index (χ4n) is 2.65. The molecule has 0 saturated heterocycles. The lowest BCUT2D eigenvalue weighted by Gasteiger charge is -2.34. The van der Waals surface area contributed by atoms with Crippen LogP contribution in [0.25, 0.3) is 0 Å². The van der Waals surface area contributed by atoms with Crippen molar-refractivity contribution in [3.05, 3.63) is 35.4 Å². The van der Waals surface area contributed by atoms with E-state index >= 15 is 0 Å². The second kappa shape index (κ2) is 4.79. The molecular weight excluding hydrogens is 200 g/mol. The number of hydrogen-bond acceptors (Lipinski definition) is 2. The molecule has 16 heavy (non-hydrogen) atoms. The Balaban J connectivity index is 2.33. The number of aldehydes is 1. The highest BCUT2D eigenvalue weighted by Crippen LogP contribution is 2.38. The Labute approximate surface area is 96.3 Å². The lowest BCUT2D eigenvalue weighted by Crippen LogP contribution is -2.29. The second-order valence-electron chi connectivity index (χ2n) is 4.62. The van der Waals surface area contributed by atoms with Gasteiger partial charge in [0.25, 0.3) is 0 Å². The van der Waals surface area contributed by atoms with Crippen molar-refractivity contribution < 1.29 is 9.90 Å². The van der Waals surface area contributed by atoms with E-state index in [-0.39, 0.29) is 0 Å². The molecule has 2 nitrogen and oxygen atoms in total. The molecule has 0 unspecified atom stereocenters. The van der Waals surface area contributed by atoms with Gasteiger partial charge in [0.1, 0.15) is 6.29 Å². The van der Waals surface area contributed by atoms with Gasteiger partial charge in [0.05, 0.1) is 5.60 Å². The maximum absolute atomic E-state index is 10.6. The minimum absolute atomic E-state index is 0.401. The summed E-state index contributed by atoms with van der Waals surface area (Å²) < 4.78 is 0. The van der Waals surface area contributed by atoms with Gasteiger partial charge in [-0.2, -0.15) is 0 Å². The third kappa shape index (κ3) is 2.17. The molecule has 1 N–H and O–H groups in total. The van der Waals surface area contributed by atoms with Crippen LogP contribution in [0.15, 0.2) is 24.3 Å². The number of rotatable bonds is 3. The van der Waals surface area contributed by atoms with Crippen LogP contribution in [0.3, 0.4) is 0 Å². The highest BCUT2D eigenvalue weighted by molar-refractivity contribution is 5.56. The number of carbonyl (C=O) groups excluding carboxylic acids is 1. The SMILES string of the molecule is O=CCc1ccccc1C1(O)CCCCC1. The van der Waals surface area contributed by atoms with E-state index in [4.69, 9.17) is 0 Å². The molecule has 0 spiro atoms. The van der Waals surface area contributed by atoms with E-state index in [1.807, 2.05) is 24.3 Å². The van der Waals surface area contributed by atoms with Crippen molar-refractivity contribution >= 4 is 6.29 Å². The van der Waals surface area contributed by atoms with Crippen LogP contribution in [0.1, 0.15) is 43.2 Å². The molecule has 86 valence electrons. The average molecular weight is 218 g/mol. The molecule has 0 atom stereocenters. The maximum atomic E-state index is 10.6. The van der Waals surface area contributed by atoms with Gasteiger partial charge in [-0.3, -0.25) is 0 Å². The number of aliphatic hydroxyl groups is 1. The Hall–Kier alpha value is -1.15. The van der Waals surface area contributed by atoms with E-state index < -0.39 is 5.60 Å². The first-order valence-electron chi connectivity index (χ1n) is 6.01. The van der Waals surface area contributed by atoms with Crippen LogP contribution in [-0.4, -0.2) is 11.4 Å². The van der Waals surface area contributed by atoms with Gasteiger partial charge in [0.15, 0.2) is 0 Å². The Bertz CT molecular complexity index is 365. The zero-order valence-corrected chi connectivity index (χ0v) is 9.48. The molecule has 0 aromatic heterocycles. The molecule has 0 heterocycles. The lowest BCUT2D eigenvalue weighted by atomic mass is 9.77. The topological polar surface area (TPSA) is 37.3 Å². The zero-order valence-electron chi connectivity index (χ0n) is 9.48. The molecule has 2 heteroatoms. The fourth-order valence-corrected chi connectivity index (χ4v) is 2.65. The summed E-state index contributed by atoms with van der Waals surface area (Å²) in [4.78, 5) is 10.6. The van der Waals surface area contributed by atoms with Gasteiger partial charge < -0.3 is 9.90 Å². The normalized spacial score (nSPS) is 19.3. The standard InChI is InChI=1S/C14H18O2/c15-11-8-12-6-2-3-7-13(12)14(16)9-4-1-5-10-14/h2-3,6-7,11,16H,1,4-5,8-10H2. The van der Waals surface area contributed by atoms with Crippen molar-refractivity contribution in [2.45, 2.75) is 44.1 Å². The Morgan fingerprint density at radius 1 is 1.19 bits per heavy atom. The van der Waals surface area contributed by atoms with Crippen LogP contribution in [0.2, 0.25) is 0 Å². The summed E-state index contributed by atoms with van der Waals surface area (Å²) in [5, 5.41) is 10.6. The molecule has 1 saturated carbocycles. The third-order valence-corrected chi connectivity index (χ3v) is 3.50. The highest BCUT2D eigenvalue weighted by Gasteiger charge is 2.32. The molecule has 1 fully saturated rings. The second-order valence-corrected chi connectivity index (χ2v) is 4.62. The lowest BCUT2D eigenvalue weighted by molar-refractivity contribution is -0.107. The molecule has 1 aliphatic rings. The predicted molar refractivity (Wildman–Crippen MR) is 63.2 cm³/mol. The monoisotopic (exact) mass is 218 g/mol. The summed E-state index contributed by atoms with van der Waals surface area (Å²) >= 11 is 0. The minimum Gasteiger partial charge on any atom is -0.385 e. The summed E-state index contributed by atoms with van der Waals surface area (Å²) in [6, 6.07) is 7.77. The van der Waals surface area contributed by atoms with Crippen molar-refractivity contribution in [3.63, 3.8) is 0 Å². The van der Waals surface area contributed by atoms with E-state index in [2.05, 4.69) is 0 Å². The Kier molecular flexibility index (Phi) is 3.39. The number of carbonyl (C=O) groups is 1. The zero-order chi connectivity index (χ0) is 11.4. The first-order chi connectivity index (χ1) is 7.76. The van der Waals surface area contributed by atoms with Gasteiger partial charge in [-0.1, -0.05) is 43.5 Å². The van der Waals surface area contributed by atoms with Gasteiger partial charge in [0.2, 0.25) is 0 Å². The van der Waals surface area contributed by atoms with Crippen LogP contribution >= 0.6 is 0 Å². The summed E-state index contributed by atoms with van der Waals surface area (Å²) in [5.41, 5.74) is 1.24. The Morgan fingerprint density at radius 3 is 2.56 bits per heavy atom. The number of benzene rings is 1. The molecule has 0 amide bonds. The number of hydrogen-bond donors (Lipinski definition) is 1. The van der Waals surface area contributed by atoms with Crippen molar-refractivity contribution in [3.8, 4) is 0 Å². The largest absolute Gasteiger partial charge is 0.385 e. The summed E-state index contributed by atoms with van der Waals surface area (Å²) in [7, 11) is 0. The van der Waals surface area contributed by atoms with Gasteiger partial charge in [0, 0.05) is 6.42 Å². The van der Waals surface area contributed by atoms with Gasteiger partial charge in [-0.15, -0.1) is 0 Å². The van der Waals surface area contributed by atoms with Crippen molar-refractivity contribution in [2.75, 3.05) is 0 Å². The van der Waals surface area contributed by atoms with Crippen LogP contribution in [-0.2, 0) is 16.8 Å². The average Bonchev–Trinajstić information content (AvgIpc) is 2.31. The first-order valence-corrected chi connectivity index (χ1v) is 6.01. The minimum atomic E-state index is -0.697. The molecule has 1 aromatic rings. The van der Waals surface area contributed by atoms with Crippen molar-refractivity contribution in [1.29, 1.82) is 0 Å². The molecule has 0 bridgehead atoms. The summed E-state index contributed by atoms with van der Waals surface area (Å²) in [6.07, 6.45) is 6.31. The predicted octanol–water partition coefficient (Wildman–Crippen LogP) is 2.58. The highest BCUT2D eigenvalue weighted by atomic mass is 16.3. The third-order valence-electron chi connectivity index (χ3n) is 3.50. The quantitative estimate of drug-likeness (QED) is 0.792. The molecular formula is C14H18O2.